The zero-order valence-electron chi connectivity index (χ0n) is 19.4. The average molecular weight is 440 g/mol. The van der Waals surface area contributed by atoms with Gasteiger partial charge in [0.2, 0.25) is 0 Å². The number of aryl methyl sites for hydroxylation is 1. The Kier molecular flexibility index (Phi) is 6.68. The van der Waals surface area contributed by atoms with E-state index in [1.165, 1.54) is 0 Å². The number of benzene rings is 3. The molecule has 33 heavy (non-hydrogen) atoms. The third-order valence-corrected chi connectivity index (χ3v) is 5.90. The van der Waals surface area contributed by atoms with Crippen molar-refractivity contribution < 1.29 is 4.79 Å². The van der Waals surface area contributed by atoms with Crippen molar-refractivity contribution in [3.63, 3.8) is 0 Å². The molecule has 0 spiro atoms. The summed E-state index contributed by atoms with van der Waals surface area (Å²) in [6, 6.07) is 24.2. The van der Waals surface area contributed by atoms with Crippen LogP contribution in [-0.2, 0) is 0 Å². The number of amides is 1. The molecule has 4 aromatic rings. The minimum Gasteiger partial charge on any atom is -0.328 e. The van der Waals surface area contributed by atoms with Crippen molar-refractivity contribution in [2.45, 2.75) is 39.7 Å². The second-order valence-electron chi connectivity index (χ2n) is 8.25. The molecule has 0 aliphatic heterocycles. The van der Waals surface area contributed by atoms with Crippen LogP contribution < -0.4 is 5.56 Å². The topological polar surface area (TPSA) is 55.2 Å². The van der Waals surface area contributed by atoms with Crippen LogP contribution in [0.2, 0.25) is 0 Å². The summed E-state index contributed by atoms with van der Waals surface area (Å²) in [7, 11) is 0. The monoisotopic (exact) mass is 439 g/mol. The van der Waals surface area contributed by atoms with E-state index in [4.69, 9.17) is 4.98 Å². The fourth-order valence-corrected chi connectivity index (χ4v) is 4.25. The molecule has 1 aromatic heterocycles. The van der Waals surface area contributed by atoms with Crippen LogP contribution in [0, 0.1) is 6.92 Å². The maximum atomic E-state index is 13.7. The van der Waals surface area contributed by atoms with Crippen molar-refractivity contribution in [3.8, 4) is 5.69 Å². The van der Waals surface area contributed by atoms with Crippen LogP contribution in [0.25, 0.3) is 16.6 Å². The molecule has 1 atom stereocenters. The molecule has 0 saturated heterocycles. The summed E-state index contributed by atoms with van der Waals surface area (Å²) in [6.45, 7) is 6.68. The highest BCUT2D eigenvalue weighted by Gasteiger charge is 2.29. The van der Waals surface area contributed by atoms with Gasteiger partial charge in [0.05, 0.1) is 22.6 Å². The Balaban J connectivity index is 1.95. The minimum absolute atomic E-state index is 0.0536. The Morgan fingerprint density at radius 1 is 0.939 bits per heavy atom. The van der Waals surface area contributed by atoms with Crippen molar-refractivity contribution in [1.82, 2.24) is 14.5 Å². The van der Waals surface area contributed by atoms with Crippen molar-refractivity contribution in [3.05, 3.63) is 106 Å². The smallest absolute Gasteiger partial charge is 0.266 e. The molecule has 1 amide bonds. The number of aromatic nitrogens is 2. The number of nitrogens with zero attached hydrogens (tertiary/aromatic N) is 3. The molecule has 1 unspecified atom stereocenters. The van der Waals surface area contributed by atoms with Crippen molar-refractivity contribution in [2.75, 3.05) is 6.54 Å². The number of carbonyl (C=O) groups is 1. The van der Waals surface area contributed by atoms with Gasteiger partial charge in [-0.1, -0.05) is 61.9 Å². The predicted molar refractivity (Wildman–Crippen MR) is 133 cm³/mol. The first-order valence-corrected chi connectivity index (χ1v) is 11.5. The van der Waals surface area contributed by atoms with E-state index in [2.05, 4.69) is 6.92 Å². The van der Waals surface area contributed by atoms with Crippen LogP contribution in [0.4, 0.5) is 0 Å². The van der Waals surface area contributed by atoms with Gasteiger partial charge < -0.3 is 4.90 Å². The summed E-state index contributed by atoms with van der Waals surface area (Å²) in [5, 5.41) is 0.563. The summed E-state index contributed by atoms with van der Waals surface area (Å²) in [5.74, 6) is 0.532. The molecular weight excluding hydrogens is 410 g/mol. The quantitative estimate of drug-likeness (QED) is 0.371. The Morgan fingerprint density at radius 3 is 2.27 bits per heavy atom. The molecule has 0 N–H and O–H groups in total. The molecule has 0 saturated carbocycles. The lowest BCUT2D eigenvalue weighted by Gasteiger charge is -2.32. The van der Waals surface area contributed by atoms with Gasteiger partial charge in [-0.15, -0.1) is 0 Å². The first-order valence-electron chi connectivity index (χ1n) is 11.5. The summed E-state index contributed by atoms with van der Waals surface area (Å²) < 4.78 is 1.68. The lowest BCUT2D eigenvalue weighted by molar-refractivity contribution is 0.0659. The van der Waals surface area contributed by atoms with E-state index in [-0.39, 0.29) is 17.5 Å². The van der Waals surface area contributed by atoms with Gasteiger partial charge in [0, 0.05) is 12.1 Å². The van der Waals surface area contributed by atoms with Crippen molar-refractivity contribution in [1.29, 1.82) is 0 Å². The van der Waals surface area contributed by atoms with E-state index >= 15 is 0 Å². The van der Waals surface area contributed by atoms with Crippen molar-refractivity contribution >= 4 is 16.8 Å². The van der Waals surface area contributed by atoms with E-state index < -0.39 is 0 Å². The minimum atomic E-state index is -0.351. The Morgan fingerprint density at radius 2 is 1.61 bits per heavy atom. The van der Waals surface area contributed by atoms with E-state index in [1.54, 1.807) is 10.6 Å². The van der Waals surface area contributed by atoms with E-state index in [0.717, 1.165) is 17.7 Å². The molecular formula is C28H29N3O2. The summed E-state index contributed by atoms with van der Waals surface area (Å²) in [5.41, 5.74) is 3.01. The molecule has 3 aromatic carbocycles. The fourth-order valence-electron chi connectivity index (χ4n) is 4.25. The Bertz CT molecular complexity index is 1310. The predicted octanol–water partition coefficient (Wildman–Crippen LogP) is 5.70. The third-order valence-electron chi connectivity index (χ3n) is 5.90. The first kappa shape index (κ1) is 22.5. The molecule has 168 valence electrons. The zero-order chi connectivity index (χ0) is 23.4. The highest BCUT2D eigenvalue weighted by atomic mass is 16.2. The maximum absolute atomic E-state index is 13.7. The highest BCUT2D eigenvalue weighted by molar-refractivity contribution is 5.94. The second kappa shape index (κ2) is 9.82. The van der Waals surface area contributed by atoms with Gasteiger partial charge in [0.1, 0.15) is 5.82 Å². The van der Waals surface area contributed by atoms with Crippen LogP contribution in [0.5, 0.6) is 0 Å². The van der Waals surface area contributed by atoms with E-state index in [1.807, 2.05) is 91.5 Å². The zero-order valence-corrected chi connectivity index (χ0v) is 19.4. The van der Waals surface area contributed by atoms with Gasteiger partial charge in [0.25, 0.3) is 11.5 Å². The van der Waals surface area contributed by atoms with Gasteiger partial charge in [-0.2, -0.15) is 0 Å². The maximum Gasteiger partial charge on any atom is 0.266 e. The molecule has 0 aliphatic carbocycles. The SMILES string of the molecule is CCCN(C(=O)c1ccccc1)C(CC)c1nc2ccccc2c(=O)n1-c1ccc(C)cc1. The number of hydrogen-bond acceptors (Lipinski definition) is 3. The van der Waals surface area contributed by atoms with Gasteiger partial charge in [-0.05, 0) is 56.2 Å². The van der Waals surface area contributed by atoms with Gasteiger partial charge in [0.15, 0.2) is 0 Å². The number of hydrogen-bond donors (Lipinski definition) is 0. The normalized spacial score (nSPS) is 12.0. The largest absolute Gasteiger partial charge is 0.328 e. The van der Waals surface area contributed by atoms with Gasteiger partial charge in [-0.3, -0.25) is 14.2 Å². The average Bonchev–Trinajstić information content (AvgIpc) is 2.85. The second-order valence-corrected chi connectivity index (χ2v) is 8.25. The van der Waals surface area contributed by atoms with Crippen LogP contribution in [0.3, 0.4) is 0 Å². The Hall–Kier alpha value is -3.73. The third kappa shape index (κ3) is 4.44. The molecule has 5 heteroatoms. The number of carbonyl (C=O) groups excluding carboxylic acids is 1. The number of rotatable bonds is 7. The summed E-state index contributed by atoms with van der Waals surface area (Å²) in [6.07, 6.45) is 1.44. The fraction of sp³-hybridized carbons (Fsp3) is 0.250. The standard InChI is InChI=1S/C28H29N3O2/c1-4-19-30(27(32)21-11-7-6-8-12-21)25(5-2)26-29-24-14-10-9-13-23(24)28(33)31(26)22-17-15-20(3)16-18-22/h6-18,25H,4-5,19H2,1-3H3. The van der Waals surface area contributed by atoms with E-state index in [9.17, 15) is 9.59 Å². The van der Waals surface area contributed by atoms with Crippen LogP contribution >= 0.6 is 0 Å². The number of fused-ring (bicyclic) bond motifs is 1. The van der Waals surface area contributed by atoms with Gasteiger partial charge in [-0.25, -0.2) is 4.98 Å². The Labute approximate surface area is 194 Å². The molecule has 0 bridgehead atoms. The van der Waals surface area contributed by atoms with Crippen LogP contribution in [0.1, 0.15) is 54.5 Å². The lowest BCUT2D eigenvalue weighted by Crippen LogP contribution is -2.39. The summed E-state index contributed by atoms with van der Waals surface area (Å²) in [4.78, 5) is 34.1. The summed E-state index contributed by atoms with van der Waals surface area (Å²) >= 11 is 0. The molecule has 4 rings (SSSR count). The molecule has 0 radical (unpaired) electrons. The van der Waals surface area contributed by atoms with Crippen LogP contribution in [0.15, 0.2) is 83.7 Å². The molecule has 0 aliphatic rings. The lowest BCUT2D eigenvalue weighted by atomic mass is 10.1. The number of para-hydroxylation sites is 1. The molecule has 1 heterocycles. The molecule has 5 nitrogen and oxygen atoms in total. The van der Waals surface area contributed by atoms with E-state index in [0.29, 0.717) is 35.3 Å². The molecule has 0 fully saturated rings. The van der Waals surface area contributed by atoms with Crippen molar-refractivity contribution in [2.24, 2.45) is 0 Å². The van der Waals surface area contributed by atoms with Gasteiger partial charge >= 0.3 is 0 Å². The highest BCUT2D eigenvalue weighted by Crippen LogP contribution is 2.27. The first-order chi connectivity index (χ1) is 16.0. The van der Waals surface area contributed by atoms with Crippen LogP contribution in [-0.4, -0.2) is 26.9 Å².